The number of unbranched alkanes of at least 4 members (excludes halogenated alkanes) is 1. The third-order valence-electron chi connectivity index (χ3n) is 8.33. The summed E-state index contributed by atoms with van der Waals surface area (Å²) in [5.74, 6) is -3.11. The van der Waals surface area contributed by atoms with Gasteiger partial charge in [0.2, 0.25) is 0 Å². The number of carboxylic acid groups (broad SMARTS) is 1. The molecule has 0 aliphatic heterocycles. The molecule has 2 aromatic rings. The van der Waals surface area contributed by atoms with Crippen molar-refractivity contribution in [2.24, 2.45) is 0 Å². The molecule has 262 valence electrons. The van der Waals surface area contributed by atoms with Crippen LogP contribution >= 0.6 is 0 Å². The number of aromatic carboxylic acids is 1. The van der Waals surface area contributed by atoms with E-state index in [4.69, 9.17) is 4.74 Å². The molecule has 2 rings (SSSR count). The van der Waals surface area contributed by atoms with Crippen LogP contribution in [0.3, 0.4) is 0 Å². The van der Waals surface area contributed by atoms with E-state index in [2.05, 4.69) is 12.2 Å². The van der Waals surface area contributed by atoms with Crippen molar-refractivity contribution in [3.05, 3.63) is 92.1 Å². The van der Waals surface area contributed by atoms with Crippen LogP contribution < -0.4 is 4.74 Å². The van der Waals surface area contributed by atoms with Crippen molar-refractivity contribution in [1.29, 1.82) is 0 Å². The first kappa shape index (κ1) is 39.9. The first-order valence-electron chi connectivity index (χ1n) is 17.2. The summed E-state index contributed by atoms with van der Waals surface area (Å²) >= 11 is 0. The summed E-state index contributed by atoms with van der Waals surface area (Å²) in [5, 5.41) is 44.0. The molecule has 7 nitrogen and oxygen atoms in total. The molecule has 0 atom stereocenters. The Bertz CT molecular complexity index is 1560. The summed E-state index contributed by atoms with van der Waals surface area (Å²) in [7, 11) is 0. The molecule has 0 bridgehead atoms. The summed E-state index contributed by atoms with van der Waals surface area (Å²) in [6, 6.07) is 2.94. The lowest BCUT2D eigenvalue weighted by atomic mass is 9.94. The minimum Gasteiger partial charge on any atom is -0.508 e. The highest BCUT2D eigenvalue weighted by Crippen LogP contribution is 2.40. The Morgan fingerprint density at radius 3 is 1.67 bits per heavy atom. The zero-order valence-corrected chi connectivity index (χ0v) is 30.3. The molecule has 0 heterocycles. The summed E-state index contributed by atoms with van der Waals surface area (Å²) < 4.78 is 5.95. The number of rotatable bonds is 18. The molecule has 0 aromatic heterocycles. The van der Waals surface area contributed by atoms with Crippen LogP contribution in [0.5, 0.6) is 23.0 Å². The molecule has 48 heavy (non-hydrogen) atoms. The lowest BCUT2D eigenvalue weighted by Crippen LogP contribution is -2.17. The average molecular weight is 661 g/mol. The number of esters is 1. The van der Waals surface area contributed by atoms with E-state index in [-0.39, 0.29) is 58.1 Å². The third kappa shape index (κ3) is 11.8. The molecule has 0 fully saturated rings. The number of allylic oxidation sites excluding steroid dienone is 8. The van der Waals surface area contributed by atoms with Crippen molar-refractivity contribution >= 4 is 11.9 Å². The van der Waals surface area contributed by atoms with Gasteiger partial charge in [-0.1, -0.05) is 73.3 Å². The lowest BCUT2D eigenvalue weighted by molar-refractivity contribution is 0.0678. The number of carbonyl (C=O) groups excluding carboxylic acids is 1. The highest BCUT2D eigenvalue weighted by atomic mass is 16.5. The van der Waals surface area contributed by atoms with Gasteiger partial charge in [0.25, 0.3) is 0 Å². The maximum absolute atomic E-state index is 14.1. The summed E-state index contributed by atoms with van der Waals surface area (Å²) in [5.41, 5.74) is 5.43. The number of aromatic hydroxyl groups is 3. The Balaban J connectivity index is 2.68. The second kappa shape index (κ2) is 19.5. The molecule has 2 aromatic carbocycles. The second-order valence-electron chi connectivity index (χ2n) is 13.2. The Morgan fingerprint density at radius 2 is 1.19 bits per heavy atom. The second-order valence-corrected chi connectivity index (χ2v) is 13.2. The largest absolute Gasteiger partial charge is 0.508 e. The number of aryl methyl sites for hydroxylation is 2. The first-order valence-corrected chi connectivity index (χ1v) is 17.2. The van der Waals surface area contributed by atoms with Gasteiger partial charge in [-0.3, -0.25) is 0 Å². The van der Waals surface area contributed by atoms with E-state index in [0.29, 0.717) is 36.8 Å². The summed E-state index contributed by atoms with van der Waals surface area (Å²) in [6.45, 7) is 16.0. The monoisotopic (exact) mass is 660 g/mol. The normalized spacial score (nSPS) is 11.8. The van der Waals surface area contributed by atoms with Crippen molar-refractivity contribution in [1.82, 2.24) is 0 Å². The molecule has 4 N–H and O–H groups in total. The van der Waals surface area contributed by atoms with E-state index < -0.39 is 11.9 Å². The molecular weight excluding hydrogens is 604 g/mol. The van der Waals surface area contributed by atoms with Crippen LogP contribution in [-0.4, -0.2) is 32.4 Å². The SMILES string of the molecule is CCCCc1cc(O)c(C/C=C(\C)CCC=C(C)C)c(O)c1C(=O)Oc1c(C/C=C(\C)CCC=C(C)C)c(O)cc(CCC)c1C(=O)O. The summed E-state index contributed by atoms with van der Waals surface area (Å²) in [6.07, 6.45) is 14.7. The minimum atomic E-state index is -1.28. The van der Waals surface area contributed by atoms with Crippen molar-refractivity contribution in [3.63, 3.8) is 0 Å². The van der Waals surface area contributed by atoms with Crippen LogP contribution in [0.4, 0.5) is 0 Å². The molecule has 0 unspecified atom stereocenters. The van der Waals surface area contributed by atoms with Crippen LogP contribution in [0.15, 0.2) is 58.7 Å². The van der Waals surface area contributed by atoms with E-state index in [9.17, 15) is 30.0 Å². The van der Waals surface area contributed by atoms with E-state index in [1.54, 1.807) is 0 Å². The highest BCUT2D eigenvalue weighted by molar-refractivity contribution is 6.00. The molecular formula is C41H56O7. The predicted molar refractivity (Wildman–Crippen MR) is 195 cm³/mol. The fraction of sp³-hybridized carbons (Fsp3) is 0.463. The van der Waals surface area contributed by atoms with Gasteiger partial charge in [-0.05, 0) is 123 Å². The molecule has 0 radical (unpaired) electrons. The van der Waals surface area contributed by atoms with Gasteiger partial charge in [-0.2, -0.15) is 0 Å². The quantitative estimate of drug-likeness (QED) is 0.0712. The maximum atomic E-state index is 14.1. The number of hydrogen-bond donors (Lipinski definition) is 4. The molecule has 0 amide bonds. The van der Waals surface area contributed by atoms with Crippen molar-refractivity contribution in [3.8, 4) is 23.0 Å². The molecule has 0 saturated carbocycles. The van der Waals surface area contributed by atoms with Crippen molar-refractivity contribution < 1.29 is 34.8 Å². The molecule has 0 aliphatic rings. The number of benzene rings is 2. The van der Waals surface area contributed by atoms with Gasteiger partial charge < -0.3 is 25.2 Å². The Hall–Kier alpha value is -4.26. The lowest BCUT2D eigenvalue weighted by Gasteiger charge is -2.19. The fourth-order valence-electron chi connectivity index (χ4n) is 5.57. The molecule has 0 aliphatic carbocycles. The summed E-state index contributed by atoms with van der Waals surface area (Å²) in [4.78, 5) is 26.8. The van der Waals surface area contributed by atoms with Crippen molar-refractivity contribution in [2.45, 2.75) is 126 Å². The first-order chi connectivity index (χ1) is 22.7. The predicted octanol–water partition coefficient (Wildman–Crippen LogP) is 10.5. The molecule has 7 heteroatoms. The van der Waals surface area contributed by atoms with E-state index in [1.165, 1.54) is 23.3 Å². The number of hydrogen-bond acceptors (Lipinski definition) is 6. The van der Waals surface area contributed by atoms with Gasteiger partial charge in [0, 0.05) is 11.1 Å². The van der Waals surface area contributed by atoms with Crippen LogP contribution in [-0.2, 0) is 25.7 Å². The third-order valence-corrected chi connectivity index (χ3v) is 8.33. The zero-order chi connectivity index (χ0) is 36.0. The Labute approximate surface area is 287 Å². The fourth-order valence-corrected chi connectivity index (χ4v) is 5.57. The van der Waals surface area contributed by atoms with Crippen LogP contribution in [0.1, 0.15) is 143 Å². The van der Waals surface area contributed by atoms with Crippen molar-refractivity contribution in [2.75, 3.05) is 0 Å². The average Bonchev–Trinajstić information content (AvgIpc) is 2.98. The van der Waals surface area contributed by atoms with Crippen LogP contribution in [0, 0.1) is 0 Å². The number of ether oxygens (including phenoxy) is 1. The van der Waals surface area contributed by atoms with Gasteiger partial charge in [-0.15, -0.1) is 0 Å². The van der Waals surface area contributed by atoms with E-state index in [1.807, 2.05) is 67.5 Å². The van der Waals surface area contributed by atoms with Gasteiger partial charge >= 0.3 is 11.9 Å². The Morgan fingerprint density at radius 1 is 0.688 bits per heavy atom. The van der Waals surface area contributed by atoms with Crippen LogP contribution in [0.25, 0.3) is 0 Å². The van der Waals surface area contributed by atoms with Gasteiger partial charge in [0.05, 0.1) is 0 Å². The topological polar surface area (TPSA) is 124 Å². The number of carboxylic acids is 1. The molecule has 0 spiro atoms. The minimum absolute atomic E-state index is 0.108. The highest BCUT2D eigenvalue weighted by Gasteiger charge is 2.29. The standard InChI is InChI=1S/C41H56O7/c1-9-11-19-31-25-34(42)32(22-20-28(7)17-12-15-26(3)4)38(44)36(31)41(47)48-39-33(23-21-29(8)18-13-16-27(5)6)35(43)24-30(14-10-2)37(39)40(45)46/h15-16,20-21,24-25,42-44H,9-14,17-19,22-23H2,1-8H3,(H,45,46)/b28-20+,29-21+. The van der Waals surface area contributed by atoms with Gasteiger partial charge in [-0.25, -0.2) is 9.59 Å². The number of carbonyl (C=O) groups is 2. The van der Waals surface area contributed by atoms with Gasteiger partial charge in [0.15, 0.2) is 5.75 Å². The maximum Gasteiger partial charge on any atom is 0.347 e. The number of phenols is 3. The Kier molecular flexibility index (Phi) is 16.2. The van der Waals surface area contributed by atoms with E-state index in [0.717, 1.165) is 43.3 Å². The van der Waals surface area contributed by atoms with Gasteiger partial charge in [0.1, 0.15) is 28.4 Å². The van der Waals surface area contributed by atoms with Crippen LogP contribution in [0.2, 0.25) is 0 Å². The van der Waals surface area contributed by atoms with E-state index >= 15 is 0 Å². The number of phenolic OH excluding ortho intramolecular Hbond substituents is 3. The smallest absolute Gasteiger partial charge is 0.347 e. The zero-order valence-electron chi connectivity index (χ0n) is 30.3. The molecule has 0 saturated heterocycles.